The number of piperidine rings is 1. The standard InChI is InChI=1S/C20H31N5O2/c1-2-21-20(22-16-19(27)24-10-6-3-7-11-24)25-14-12-23(13-15-25)17-8-4-5-9-18(17)26/h4-5,8-9,26H,2-3,6-7,10-16H2,1H3,(H,21,22). The highest BCUT2D eigenvalue weighted by Crippen LogP contribution is 2.27. The van der Waals surface area contributed by atoms with Crippen molar-refractivity contribution < 1.29 is 9.90 Å². The highest BCUT2D eigenvalue weighted by atomic mass is 16.3. The number of rotatable bonds is 4. The third-order valence-electron chi connectivity index (χ3n) is 5.21. The van der Waals surface area contributed by atoms with Gasteiger partial charge in [0.25, 0.3) is 0 Å². The minimum atomic E-state index is 0.123. The van der Waals surface area contributed by atoms with Crippen molar-refractivity contribution in [2.24, 2.45) is 4.99 Å². The van der Waals surface area contributed by atoms with Gasteiger partial charge in [0.15, 0.2) is 5.96 Å². The van der Waals surface area contributed by atoms with Crippen LogP contribution in [0, 0.1) is 0 Å². The van der Waals surface area contributed by atoms with Crippen molar-refractivity contribution in [3.63, 3.8) is 0 Å². The van der Waals surface area contributed by atoms with Gasteiger partial charge in [0, 0.05) is 45.8 Å². The number of phenolic OH excluding ortho intramolecular Hbond substituents is 1. The number of piperazine rings is 1. The number of likely N-dealkylation sites (tertiary alicyclic amines) is 1. The molecule has 0 aromatic heterocycles. The lowest BCUT2D eigenvalue weighted by Gasteiger charge is -2.38. The van der Waals surface area contributed by atoms with Gasteiger partial charge in [0.05, 0.1) is 5.69 Å². The summed E-state index contributed by atoms with van der Waals surface area (Å²) in [4.78, 5) is 23.3. The second-order valence-electron chi connectivity index (χ2n) is 7.07. The van der Waals surface area contributed by atoms with Crippen molar-refractivity contribution >= 4 is 17.6 Å². The number of carbonyl (C=O) groups is 1. The maximum Gasteiger partial charge on any atom is 0.244 e. The minimum absolute atomic E-state index is 0.123. The van der Waals surface area contributed by atoms with Gasteiger partial charge in [-0.25, -0.2) is 4.99 Å². The van der Waals surface area contributed by atoms with E-state index in [2.05, 4.69) is 20.1 Å². The largest absolute Gasteiger partial charge is 0.506 e. The summed E-state index contributed by atoms with van der Waals surface area (Å²) in [6, 6.07) is 7.45. The van der Waals surface area contributed by atoms with Crippen LogP contribution in [-0.4, -0.2) is 79.1 Å². The van der Waals surface area contributed by atoms with Crippen LogP contribution in [0.4, 0.5) is 5.69 Å². The van der Waals surface area contributed by atoms with Gasteiger partial charge in [-0.2, -0.15) is 0 Å². The third-order valence-corrected chi connectivity index (χ3v) is 5.21. The van der Waals surface area contributed by atoms with Crippen LogP contribution in [0.25, 0.3) is 0 Å². The monoisotopic (exact) mass is 373 g/mol. The summed E-state index contributed by atoms with van der Waals surface area (Å²) in [7, 11) is 0. The molecule has 2 aliphatic heterocycles. The number of carbonyl (C=O) groups excluding carboxylic acids is 1. The van der Waals surface area contributed by atoms with Crippen LogP contribution in [0.15, 0.2) is 29.3 Å². The Hall–Kier alpha value is -2.44. The quantitative estimate of drug-likeness (QED) is 0.618. The molecule has 0 unspecified atom stereocenters. The number of anilines is 1. The normalized spacial score (nSPS) is 18.6. The molecule has 2 aliphatic rings. The summed E-state index contributed by atoms with van der Waals surface area (Å²) in [5.74, 6) is 1.25. The average molecular weight is 374 g/mol. The van der Waals surface area contributed by atoms with Crippen LogP contribution >= 0.6 is 0 Å². The number of para-hydroxylation sites is 2. The summed E-state index contributed by atoms with van der Waals surface area (Å²) in [6.07, 6.45) is 3.42. The van der Waals surface area contributed by atoms with Crippen molar-refractivity contribution in [1.82, 2.24) is 15.1 Å². The Morgan fingerprint density at radius 1 is 1.04 bits per heavy atom. The van der Waals surface area contributed by atoms with Gasteiger partial charge in [0.2, 0.25) is 5.91 Å². The Kier molecular flexibility index (Phi) is 6.79. The fourth-order valence-corrected chi connectivity index (χ4v) is 3.70. The summed E-state index contributed by atoms with van der Waals surface area (Å²) in [5, 5.41) is 13.4. The third kappa shape index (κ3) is 5.05. The molecule has 7 heteroatoms. The molecule has 0 bridgehead atoms. The van der Waals surface area contributed by atoms with E-state index in [0.29, 0.717) is 5.75 Å². The zero-order chi connectivity index (χ0) is 19.1. The summed E-state index contributed by atoms with van der Waals surface area (Å²) < 4.78 is 0. The summed E-state index contributed by atoms with van der Waals surface area (Å²) in [5.41, 5.74) is 0.874. The van der Waals surface area contributed by atoms with E-state index in [1.54, 1.807) is 6.07 Å². The van der Waals surface area contributed by atoms with Gasteiger partial charge < -0.3 is 25.1 Å². The van der Waals surface area contributed by atoms with Crippen LogP contribution in [0.5, 0.6) is 5.75 Å². The van der Waals surface area contributed by atoms with Gasteiger partial charge in [-0.15, -0.1) is 0 Å². The Labute approximate surface area is 161 Å². The molecule has 3 rings (SSSR count). The topological polar surface area (TPSA) is 71.4 Å². The lowest BCUT2D eigenvalue weighted by Crippen LogP contribution is -2.53. The van der Waals surface area contributed by atoms with Crippen molar-refractivity contribution in [3.05, 3.63) is 24.3 Å². The molecule has 1 aromatic rings. The van der Waals surface area contributed by atoms with E-state index >= 15 is 0 Å². The van der Waals surface area contributed by atoms with E-state index in [0.717, 1.165) is 70.3 Å². The predicted octanol–water partition coefficient (Wildman–Crippen LogP) is 1.49. The highest BCUT2D eigenvalue weighted by molar-refractivity contribution is 5.85. The first-order valence-corrected chi connectivity index (χ1v) is 10.0. The lowest BCUT2D eigenvalue weighted by atomic mass is 10.1. The summed E-state index contributed by atoms with van der Waals surface area (Å²) in [6.45, 7) is 7.98. The number of hydrogen-bond acceptors (Lipinski definition) is 4. The van der Waals surface area contributed by atoms with Gasteiger partial charge >= 0.3 is 0 Å². The second-order valence-corrected chi connectivity index (χ2v) is 7.07. The van der Waals surface area contributed by atoms with Crippen LogP contribution < -0.4 is 10.2 Å². The fraction of sp³-hybridized carbons (Fsp3) is 0.600. The van der Waals surface area contributed by atoms with Crippen molar-refractivity contribution in [1.29, 1.82) is 0 Å². The van der Waals surface area contributed by atoms with Crippen molar-refractivity contribution in [2.45, 2.75) is 26.2 Å². The number of benzene rings is 1. The Balaban J connectivity index is 1.57. The molecule has 0 radical (unpaired) electrons. The number of nitrogens with zero attached hydrogens (tertiary/aromatic N) is 4. The van der Waals surface area contributed by atoms with Gasteiger partial charge in [-0.3, -0.25) is 4.79 Å². The molecule has 2 fully saturated rings. The number of amides is 1. The molecule has 2 N–H and O–H groups in total. The predicted molar refractivity (Wildman–Crippen MR) is 108 cm³/mol. The SMILES string of the molecule is CCNC(=NCC(=O)N1CCCCC1)N1CCN(c2ccccc2O)CC1. The number of aromatic hydroxyl groups is 1. The highest BCUT2D eigenvalue weighted by Gasteiger charge is 2.22. The maximum atomic E-state index is 12.4. The molecular formula is C20H31N5O2. The van der Waals surface area contributed by atoms with E-state index in [9.17, 15) is 9.90 Å². The average Bonchev–Trinajstić information content (AvgIpc) is 2.72. The van der Waals surface area contributed by atoms with E-state index in [1.807, 2.05) is 30.0 Å². The number of phenols is 1. The number of hydrogen-bond donors (Lipinski definition) is 2. The van der Waals surface area contributed by atoms with Crippen molar-refractivity contribution in [2.75, 3.05) is 57.3 Å². The van der Waals surface area contributed by atoms with Crippen LogP contribution in [0.1, 0.15) is 26.2 Å². The molecule has 0 spiro atoms. The molecule has 2 saturated heterocycles. The fourth-order valence-electron chi connectivity index (χ4n) is 3.70. The van der Waals surface area contributed by atoms with Gasteiger partial charge in [-0.1, -0.05) is 12.1 Å². The van der Waals surface area contributed by atoms with Gasteiger partial charge in [-0.05, 0) is 38.3 Å². The molecule has 27 heavy (non-hydrogen) atoms. The molecule has 0 atom stereocenters. The van der Waals surface area contributed by atoms with E-state index in [4.69, 9.17) is 0 Å². The van der Waals surface area contributed by atoms with E-state index in [-0.39, 0.29) is 12.5 Å². The first-order valence-electron chi connectivity index (χ1n) is 10.0. The lowest BCUT2D eigenvalue weighted by molar-refractivity contribution is -0.130. The smallest absolute Gasteiger partial charge is 0.244 e. The molecule has 1 amide bonds. The van der Waals surface area contributed by atoms with Crippen LogP contribution in [0.2, 0.25) is 0 Å². The first-order chi connectivity index (χ1) is 13.2. The Morgan fingerprint density at radius 2 is 1.74 bits per heavy atom. The molecular weight excluding hydrogens is 342 g/mol. The molecule has 0 aliphatic carbocycles. The molecule has 1 aromatic carbocycles. The minimum Gasteiger partial charge on any atom is -0.506 e. The van der Waals surface area contributed by atoms with E-state index in [1.165, 1.54) is 6.42 Å². The molecule has 7 nitrogen and oxygen atoms in total. The van der Waals surface area contributed by atoms with Crippen LogP contribution in [-0.2, 0) is 4.79 Å². The Bertz CT molecular complexity index is 650. The zero-order valence-electron chi connectivity index (χ0n) is 16.2. The number of guanidine groups is 1. The van der Waals surface area contributed by atoms with E-state index < -0.39 is 0 Å². The number of aliphatic imine (C=N–C) groups is 1. The molecule has 0 saturated carbocycles. The maximum absolute atomic E-state index is 12.4. The Morgan fingerprint density at radius 3 is 2.41 bits per heavy atom. The summed E-state index contributed by atoms with van der Waals surface area (Å²) >= 11 is 0. The van der Waals surface area contributed by atoms with Crippen LogP contribution in [0.3, 0.4) is 0 Å². The number of nitrogens with one attached hydrogen (secondary N) is 1. The van der Waals surface area contributed by atoms with Crippen molar-refractivity contribution in [3.8, 4) is 5.75 Å². The second kappa shape index (κ2) is 9.48. The molecule has 2 heterocycles. The zero-order valence-corrected chi connectivity index (χ0v) is 16.2. The molecule has 148 valence electrons. The van der Waals surface area contributed by atoms with Gasteiger partial charge in [0.1, 0.15) is 12.3 Å². The first kappa shape index (κ1) is 19.3.